The molecule has 0 saturated carbocycles. The first-order chi connectivity index (χ1) is 12.8. The van der Waals surface area contributed by atoms with Crippen LogP contribution >= 0.6 is 0 Å². The smallest absolute Gasteiger partial charge is 0.413 e. The molecule has 0 spiro atoms. The standard InChI is InChI=1S/C21H26N2O4/c1-13(2)16-8-6-9-17(14(3)4)19(16)27-21(25)26-12-23-20(24)18-10-7-11-22-15(18)5/h6-11,13-14H,12H2,1-5H3,(H,23,24). The van der Waals surface area contributed by atoms with Gasteiger partial charge in [-0.1, -0.05) is 45.9 Å². The maximum absolute atomic E-state index is 12.1. The number of nitrogens with zero attached hydrogens (tertiary/aromatic N) is 1. The van der Waals surface area contributed by atoms with Crippen molar-refractivity contribution in [2.75, 3.05) is 6.73 Å². The molecular weight excluding hydrogens is 344 g/mol. The van der Waals surface area contributed by atoms with Gasteiger partial charge in [-0.3, -0.25) is 9.78 Å². The Labute approximate surface area is 159 Å². The van der Waals surface area contributed by atoms with Crippen LogP contribution in [0.3, 0.4) is 0 Å². The highest BCUT2D eigenvalue weighted by molar-refractivity contribution is 5.95. The number of ether oxygens (including phenoxy) is 2. The monoisotopic (exact) mass is 370 g/mol. The first-order valence-electron chi connectivity index (χ1n) is 8.98. The molecule has 0 bridgehead atoms. The lowest BCUT2D eigenvalue weighted by molar-refractivity contribution is 0.0767. The van der Waals surface area contributed by atoms with Gasteiger partial charge >= 0.3 is 6.16 Å². The molecule has 1 N–H and O–H groups in total. The molecule has 144 valence electrons. The normalized spacial score (nSPS) is 10.8. The van der Waals surface area contributed by atoms with Gasteiger partial charge < -0.3 is 14.8 Å². The van der Waals surface area contributed by atoms with Gasteiger partial charge in [-0.05, 0) is 42.0 Å². The number of nitrogens with one attached hydrogen (secondary N) is 1. The number of carbonyl (C=O) groups is 2. The van der Waals surface area contributed by atoms with Crippen LogP contribution in [0.5, 0.6) is 5.75 Å². The van der Waals surface area contributed by atoms with E-state index in [4.69, 9.17) is 9.47 Å². The number of para-hydroxylation sites is 1. The van der Waals surface area contributed by atoms with Gasteiger partial charge in [0.05, 0.1) is 5.56 Å². The molecule has 0 radical (unpaired) electrons. The van der Waals surface area contributed by atoms with Crippen molar-refractivity contribution in [2.45, 2.75) is 46.5 Å². The van der Waals surface area contributed by atoms with Crippen molar-refractivity contribution >= 4 is 12.1 Å². The van der Waals surface area contributed by atoms with Crippen molar-refractivity contribution in [3.63, 3.8) is 0 Å². The molecule has 0 aliphatic rings. The molecule has 0 aliphatic carbocycles. The van der Waals surface area contributed by atoms with Crippen molar-refractivity contribution in [1.82, 2.24) is 10.3 Å². The highest BCUT2D eigenvalue weighted by Gasteiger charge is 2.19. The summed E-state index contributed by atoms with van der Waals surface area (Å²) in [6, 6.07) is 9.16. The van der Waals surface area contributed by atoms with Crippen LogP contribution in [-0.2, 0) is 4.74 Å². The number of carbonyl (C=O) groups excluding carboxylic acids is 2. The third-order valence-electron chi connectivity index (χ3n) is 4.18. The second-order valence-electron chi connectivity index (χ2n) is 6.86. The molecule has 2 aromatic rings. The molecule has 2 rings (SSSR count). The predicted molar refractivity (Wildman–Crippen MR) is 103 cm³/mol. The van der Waals surface area contributed by atoms with Crippen LogP contribution in [0.25, 0.3) is 0 Å². The zero-order valence-corrected chi connectivity index (χ0v) is 16.4. The van der Waals surface area contributed by atoms with Gasteiger partial charge in [0.1, 0.15) is 5.75 Å². The van der Waals surface area contributed by atoms with E-state index in [-0.39, 0.29) is 24.5 Å². The number of hydrogen-bond acceptors (Lipinski definition) is 5. The second-order valence-corrected chi connectivity index (χ2v) is 6.86. The van der Waals surface area contributed by atoms with Gasteiger partial charge in [-0.2, -0.15) is 0 Å². The molecule has 1 amide bonds. The zero-order chi connectivity index (χ0) is 20.0. The highest BCUT2D eigenvalue weighted by Crippen LogP contribution is 2.34. The summed E-state index contributed by atoms with van der Waals surface area (Å²) in [6.07, 6.45) is 0.756. The Kier molecular flexibility index (Phi) is 6.93. The first kappa shape index (κ1) is 20.4. The van der Waals surface area contributed by atoms with Gasteiger partial charge in [0, 0.05) is 11.9 Å². The molecule has 6 nitrogen and oxygen atoms in total. The number of hydrogen-bond donors (Lipinski definition) is 1. The summed E-state index contributed by atoms with van der Waals surface area (Å²) in [5.74, 6) is 0.556. The van der Waals surface area contributed by atoms with E-state index in [0.717, 1.165) is 11.1 Å². The van der Waals surface area contributed by atoms with Crippen LogP contribution in [0.2, 0.25) is 0 Å². The minimum atomic E-state index is -0.854. The Morgan fingerprint density at radius 1 is 1.04 bits per heavy atom. The maximum Gasteiger partial charge on any atom is 0.515 e. The van der Waals surface area contributed by atoms with Crippen LogP contribution in [0.4, 0.5) is 4.79 Å². The van der Waals surface area contributed by atoms with E-state index < -0.39 is 6.16 Å². The molecule has 0 fully saturated rings. The van der Waals surface area contributed by atoms with E-state index in [9.17, 15) is 9.59 Å². The lowest BCUT2D eigenvalue weighted by Crippen LogP contribution is -2.29. The van der Waals surface area contributed by atoms with Gasteiger partial charge in [0.25, 0.3) is 5.91 Å². The van der Waals surface area contributed by atoms with Crippen LogP contribution in [-0.4, -0.2) is 23.8 Å². The molecule has 1 heterocycles. The highest BCUT2D eigenvalue weighted by atomic mass is 16.7. The second kappa shape index (κ2) is 9.16. The summed E-state index contributed by atoms with van der Waals surface area (Å²) in [5.41, 5.74) is 2.91. The van der Waals surface area contributed by atoms with Gasteiger partial charge in [0.15, 0.2) is 6.73 Å². The molecule has 6 heteroatoms. The average molecular weight is 370 g/mol. The molecule has 0 atom stereocenters. The van der Waals surface area contributed by atoms with Crippen LogP contribution in [0.15, 0.2) is 36.5 Å². The van der Waals surface area contributed by atoms with Crippen molar-refractivity contribution in [3.05, 3.63) is 58.9 Å². The largest absolute Gasteiger partial charge is 0.515 e. The minimum Gasteiger partial charge on any atom is -0.413 e. The first-order valence-corrected chi connectivity index (χ1v) is 8.98. The molecule has 27 heavy (non-hydrogen) atoms. The maximum atomic E-state index is 12.1. The van der Waals surface area contributed by atoms with Gasteiger partial charge in [-0.15, -0.1) is 0 Å². The van der Waals surface area contributed by atoms with Crippen LogP contribution < -0.4 is 10.1 Å². The van der Waals surface area contributed by atoms with Crippen molar-refractivity contribution in [2.24, 2.45) is 0 Å². The van der Waals surface area contributed by atoms with Gasteiger partial charge in [0.2, 0.25) is 0 Å². The van der Waals surface area contributed by atoms with Crippen molar-refractivity contribution in [3.8, 4) is 5.75 Å². The fourth-order valence-electron chi connectivity index (χ4n) is 2.69. The quantitative estimate of drug-likeness (QED) is 0.459. The topological polar surface area (TPSA) is 77.5 Å². The average Bonchev–Trinajstić information content (AvgIpc) is 2.61. The van der Waals surface area contributed by atoms with Crippen molar-refractivity contribution in [1.29, 1.82) is 0 Å². The van der Waals surface area contributed by atoms with Gasteiger partial charge in [-0.25, -0.2) is 4.79 Å². The number of amides is 1. The summed E-state index contributed by atoms with van der Waals surface area (Å²) in [7, 11) is 0. The Morgan fingerprint density at radius 3 is 2.22 bits per heavy atom. The fourth-order valence-corrected chi connectivity index (χ4v) is 2.69. The molecule has 0 saturated heterocycles. The summed E-state index contributed by atoms with van der Waals surface area (Å²) < 4.78 is 10.5. The number of rotatable bonds is 6. The molecule has 1 aromatic heterocycles. The summed E-state index contributed by atoms with van der Waals surface area (Å²) in [5, 5.41) is 2.53. The zero-order valence-electron chi connectivity index (χ0n) is 16.4. The van der Waals surface area contributed by atoms with Crippen molar-refractivity contribution < 1.29 is 19.1 Å². The lowest BCUT2D eigenvalue weighted by atomic mass is 9.94. The fraction of sp³-hybridized carbons (Fsp3) is 0.381. The van der Waals surface area contributed by atoms with Crippen LogP contribution in [0, 0.1) is 6.92 Å². The van der Waals surface area contributed by atoms with E-state index in [0.29, 0.717) is 17.0 Å². The molecule has 1 aromatic carbocycles. The predicted octanol–water partition coefficient (Wildman–Crippen LogP) is 4.54. The summed E-state index contributed by atoms with van der Waals surface area (Å²) in [4.78, 5) is 28.3. The molecule has 0 aliphatic heterocycles. The van der Waals surface area contributed by atoms with E-state index in [1.165, 1.54) is 0 Å². The Hall–Kier alpha value is -2.89. The number of benzene rings is 1. The molecule has 0 unspecified atom stereocenters. The lowest BCUT2D eigenvalue weighted by Gasteiger charge is -2.18. The Morgan fingerprint density at radius 2 is 1.67 bits per heavy atom. The Balaban J connectivity index is 2.00. The summed E-state index contributed by atoms with van der Waals surface area (Å²) in [6.45, 7) is 9.59. The Bertz CT molecular complexity index is 789. The number of aromatic nitrogens is 1. The van der Waals surface area contributed by atoms with E-state index in [1.807, 2.05) is 45.9 Å². The minimum absolute atomic E-state index is 0.194. The van der Waals surface area contributed by atoms with E-state index in [2.05, 4.69) is 10.3 Å². The van der Waals surface area contributed by atoms with Crippen LogP contribution in [0.1, 0.15) is 66.7 Å². The number of pyridine rings is 1. The number of aryl methyl sites for hydroxylation is 1. The SMILES string of the molecule is Cc1ncccc1C(=O)NCOC(=O)Oc1c(C(C)C)cccc1C(C)C. The van der Waals surface area contributed by atoms with E-state index in [1.54, 1.807) is 25.3 Å². The van der Waals surface area contributed by atoms with E-state index >= 15 is 0 Å². The third-order valence-corrected chi connectivity index (χ3v) is 4.18. The third kappa shape index (κ3) is 5.29. The molecular formula is C21H26N2O4. The summed E-state index contributed by atoms with van der Waals surface area (Å²) >= 11 is 0.